The average molecular weight is 317 g/mol. The van der Waals surface area contributed by atoms with Crippen LogP contribution >= 0.6 is 0 Å². The van der Waals surface area contributed by atoms with Crippen LogP contribution in [0, 0.1) is 25.2 Å². The van der Waals surface area contributed by atoms with Crippen molar-refractivity contribution in [3.05, 3.63) is 65.5 Å². The summed E-state index contributed by atoms with van der Waals surface area (Å²) in [5.74, 6) is 1.57. The van der Waals surface area contributed by atoms with Gasteiger partial charge in [0.05, 0.1) is 5.69 Å². The van der Waals surface area contributed by atoms with Gasteiger partial charge in [-0.25, -0.2) is 4.98 Å². The average Bonchev–Trinajstić information content (AvgIpc) is 2.60. The predicted molar refractivity (Wildman–Crippen MR) is 90.3 cm³/mol. The molecule has 1 N–H and O–H groups in total. The van der Waals surface area contributed by atoms with Crippen LogP contribution in [0.2, 0.25) is 0 Å². The van der Waals surface area contributed by atoms with Crippen LogP contribution in [0.5, 0.6) is 11.6 Å². The van der Waals surface area contributed by atoms with E-state index in [2.05, 4.69) is 26.6 Å². The first-order chi connectivity index (χ1) is 11.7. The van der Waals surface area contributed by atoms with Crippen LogP contribution in [0.1, 0.15) is 16.8 Å². The minimum atomic E-state index is 0.426. The van der Waals surface area contributed by atoms with Crippen molar-refractivity contribution in [3.63, 3.8) is 0 Å². The quantitative estimate of drug-likeness (QED) is 0.785. The number of anilines is 2. The Labute approximate surface area is 139 Å². The largest absolute Gasteiger partial charge is 0.439 e. The highest BCUT2D eigenvalue weighted by atomic mass is 16.5. The molecule has 0 aliphatic heterocycles. The lowest BCUT2D eigenvalue weighted by atomic mass is 10.1. The second-order valence-corrected chi connectivity index (χ2v) is 5.17. The lowest BCUT2D eigenvalue weighted by molar-refractivity contribution is 0.463. The number of aryl methyl sites for hydroxylation is 1. The molecule has 0 bridgehead atoms. The molecule has 0 unspecified atom stereocenters. The van der Waals surface area contributed by atoms with Crippen LogP contribution in [0.15, 0.2) is 48.7 Å². The maximum absolute atomic E-state index is 9.36. The Morgan fingerprint density at radius 1 is 1.08 bits per heavy atom. The Morgan fingerprint density at radius 2 is 1.96 bits per heavy atom. The molecule has 0 saturated carbocycles. The van der Waals surface area contributed by atoms with Crippen LogP contribution in [0.25, 0.3) is 0 Å². The fraction of sp³-hybridized carbons (Fsp3) is 0.111. The second kappa shape index (κ2) is 6.75. The number of nitrogens with one attached hydrogen (secondary N) is 1. The summed E-state index contributed by atoms with van der Waals surface area (Å²) in [5, 5.41) is 20.6. The number of rotatable bonds is 4. The van der Waals surface area contributed by atoms with E-state index >= 15 is 0 Å². The maximum Gasteiger partial charge on any atom is 0.219 e. The lowest BCUT2D eigenvalue weighted by Gasteiger charge is -2.11. The molecule has 0 aliphatic carbocycles. The molecule has 6 heteroatoms. The zero-order chi connectivity index (χ0) is 16.9. The van der Waals surface area contributed by atoms with Crippen LogP contribution in [0.4, 0.5) is 11.5 Å². The number of aromatic nitrogens is 3. The number of nitrogens with zero attached hydrogens (tertiary/aromatic N) is 4. The molecule has 0 radical (unpaired) electrons. The molecule has 0 atom stereocenters. The van der Waals surface area contributed by atoms with Crippen molar-refractivity contribution in [3.8, 4) is 17.7 Å². The lowest BCUT2D eigenvalue weighted by Crippen LogP contribution is -2.03. The zero-order valence-corrected chi connectivity index (χ0v) is 13.3. The van der Waals surface area contributed by atoms with Crippen molar-refractivity contribution < 1.29 is 4.74 Å². The van der Waals surface area contributed by atoms with Crippen molar-refractivity contribution in [2.24, 2.45) is 0 Å². The summed E-state index contributed by atoms with van der Waals surface area (Å²) in [6.45, 7) is 3.68. The Kier molecular flexibility index (Phi) is 4.34. The third kappa shape index (κ3) is 3.31. The molecule has 0 spiro atoms. The van der Waals surface area contributed by atoms with Gasteiger partial charge in [0.1, 0.15) is 17.4 Å². The highest BCUT2D eigenvalue weighted by Gasteiger charge is 2.11. The molecule has 3 rings (SSSR count). The van der Waals surface area contributed by atoms with Crippen LogP contribution in [-0.4, -0.2) is 15.2 Å². The summed E-state index contributed by atoms with van der Waals surface area (Å²) >= 11 is 0. The first kappa shape index (κ1) is 15.4. The van der Waals surface area contributed by atoms with E-state index in [1.807, 2.05) is 50.2 Å². The minimum Gasteiger partial charge on any atom is -0.439 e. The SMILES string of the molecule is Cc1nnc(Nc2cccc(Oc3ccccn3)c2)c(C#N)c1C. The van der Waals surface area contributed by atoms with Crippen molar-refractivity contribution >= 4 is 11.5 Å². The number of nitriles is 1. The van der Waals surface area contributed by atoms with Crippen LogP contribution in [-0.2, 0) is 0 Å². The molecule has 2 aromatic heterocycles. The number of pyridine rings is 1. The van der Waals surface area contributed by atoms with Gasteiger partial charge < -0.3 is 10.1 Å². The summed E-state index contributed by atoms with van der Waals surface area (Å²) in [5.41, 5.74) is 2.79. The van der Waals surface area contributed by atoms with E-state index in [0.717, 1.165) is 16.9 Å². The van der Waals surface area contributed by atoms with Crippen molar-refractivity contribution in [1.29, 1.82) is 5.26 Å². The fourth-order valence-electron chi connectivity index (χ4n) is 2.14. The van der Waals surface area contributed by atoms with E-state index in [9.17, 15) is 5.26 Å². The first-order valence-corrected chi connectivity index (χ1v) is 7.37. The Morgan fingerprint density at radius 3 is 2.71 bits per heavy atom. The van der Waals surface area contributed by atoms with E-state index in [4.69, 9.17) is 4.74 Å². The smallest absolute Gasteiger partial charge is 0.219 e. The molecule has 118 valence electrons. The Bertz CT molecular complexity index is 903. The molecule has 0 aliphatic rings. The molecule has 0 fully saturated rings. The molecule has 0 saturated heterocycles. The highest BCUT2D eigenvalue weighted by molar-refractivity contribution is 5.65. The molecular formula is C18H15N5O. The topological polar surface area (TPSA) is 83.7 Å². The van der Waals surface area contributed by atoms with E-state index < -0.39 is 0 Å². The molecule has 3 aromatic rings. The Balaban J connectivity index is 1.86. The van der Waals surface area contributed by atoms with Crippen LogP contribution in [0.3, 0.4) is 0 Å². The summed E-state index contributed by atoms with van der Waals surface area (Å²) in [4.78, 5) is 4.13. The number of hydrogen-bond acceptors (Lipinski definition) is 6. The van der Waals surface area contributed by atoms with Gasteiger partial charge in [0.15, 0.2) is 5.82 Å². The van der Waals surface area contributed by atoms with Gasteiger partial charge in [-0.05, 0) is 37.6 Å². The van der Waals surface area contributed by atoms with Gasteiger partial charge in [-0.15, -0.1) is 5.10 Å². The standard InChI is InChI=1S/C18H15N5O/c1-12-13(2)22-23-18(16(12)11-19)21-14-6-5-7-15(10-14)24-17-8-3-4-9-20-17/h3-10H,1-2H3,(H,21,23). The molecule has 6 nitrogen and oxygen atoms in total. The fourth-order valence-corrected chi connectivity index (χ4v) is 2.14. The highest BCUT2D eigenvalue weighted by Crippen LogP contribution is 2.26. The Hall–Kier alpha value is -3.46. The van der Waals surface area contributed by atoms with E-state index in [0.29, 0.717) is 23.0 Å². The van der Waals surface area contributed by atoms with E-state index in [-0.39, 0.29) is 0 Å². The number of benzene rings is 1. The van der Waals surface area contributed by atoms with Gasteiger partial charge in [0, 0.05) is 24.0 Å². The summed E-state index contributed by atoms with van der Waals surface area (Å²) in [6.07, 6.45) is 1.67. The maximum atomic E-state index is 9.36. The van der Waals surface area contributed by atoms with Gasteiger partial charge in [0.25, 0.3) is 0 Å². The van der Waals surface area contributed by atoms with Crippen molar-refractivity contribution in [1.82, 2.24) is 15.2 Å². The van der Waals surface area contributed by atoms with Crippen LogP contribution < -0.4 is 10.1 Å². The number of hydrogen-bond donors (Lipinski definition) is 1. The minimum absolute atomic E-state index is 0.426. The third-order valence-electron chi connectivity index (χ3n) is 3.52. The monoisotopic (exact) mass is 317 g/mol. The predicted octanol–water partition coefficient (Wildman–Crippen LogP) is 3.90. The molecule has 1 aromatic carbocycles. The number of ether oxygens (including phenoxy) is 1. The molecule has 0 amide bonds. The van der Waals surface area contributed by atoms with Gasteiger partial charge >= 0.3 is 0 Å². The molecular weight excluding hydrogens is 302 g/mol. The first-order valence-electron chi connectivity index (χ1n) is 7.37. The third-order valence-corrected chi connectivity index (χ3v) is 3.52. The van der Waals surface area contributed by atoms with E-state index in [1.165, 1.54) is 0 Å². The summed E-state index contributed by atoms with van der Waals surface area (Å²) < 4.78 is 5.70. The van der Waals surface area contributed by atoms with Gasteiger partial charge in [-0.2, -0.15) is 10.4 Å². The zero-order valence-electron chi connectivity index (χ0n) is 13.3. The second-order valence-electron chi connectivity index (χ2n) is 5.17. The molecule has 24 heavy (non-hydrogen) atoms. The normalized spacial score (nSPS) is 10.0. The summed E-state index contributed by atoms with van der Waals surface area (Å²) in [7, 11) is 0. The van der Waals surface area contributed by atoms with Gasteiger partial charge in [0.2, 0.25) is 5.88 Å². The molecule has 2 heterocycles. The summed E-state index contributed by atoms with van der Waals surface area (Å²) in [6, 6.07) is 15.0. The van der Waals surface area contributed by atoms with Gasteiger partial charge in [-0.1, -0.05) is 12.1 Å². The van der Waals surface area contributed by atoms with Gasteiger partial charge in [-0.3, -0.25) is 0 Å². The van der Waals surface area contributed by atoms with Crippen molar-refractivity contribution in [2.45, 2.75) is 13.8 Å². The van der Waals surface area contributed by atoms with Crippen molar-refractivity contribution in [2.75, 3.05) is 5.32 Å². The van der Waals surface area contributed by atoms with E-state index in [1.54, 1.807) is 12.3 Å².